The smallest absolute Gasteiger partial charge is 0.226 e. The topological polar surface area (TPSA) is 53.6 Å². The van der Waals surface area contributed by atoms with Crippen LogP contribution in [0.5, 0.6) is 0 Å². The van der Waals surface area contributed by atoms with E-state index >= 15 is 0 Å². The van der Waals surface area contributed by atoms with Crippen LogP contribution in [0.3, 0.4) is 0 Å². The molecule has 0 aliphatic carbocycles. The zero-order valence-electron chi connectivity index (χ0n) is 17.1. The molecule has 0 spiro atoms. The molecule has 2 N–H and O–H groups in total. The molecule has 5 nitrogen and oxygen atoms in total. The van der Waals surface area contributed by atoms with E-state index < -0.39 is 0 Å². The summed E-state index contributed by atoms with van der Waals surface area (Å²) in [5.41, 5.74) is 4.34. The fourth-order valence-corrected chi connectivity index (χ4v) is 3.47. The van der Waals surface area contributed by atoms with Gasteiger partial charge in [-0.25, -0.2) is 0 Å². The van der Waals surface area contributed by atoms with Crippen molar-refractivity contribution < 1.29 is 9.53 Å². The summed E-state index contributed by atoms with van der Waals surface area (Å²) >= 11 is 0. The van der Waals surface area contributed by atoms with Crippen molar-refractivity contribution in [2.24, 2.45) is 0 Å². The van der Waals surface area contributed by atoms with E-state index in [9.17, 15) is 4.79 Å². The van der Waals surface area contributed by atoms with Gasteiger partial charge in [-0.15, -0.1) is 0 Å². The summed E-state index contributed by atoms with van der Waals surface area (Å²) in [5.74, 6) is 0.0152. The summed E-state index contributed by atoms with van der Waals surface area (Å²) < 4.78 is 5.43. The number of benzene rings is 2. The summed E-state index contributed by atoms with van der Waals surface area (Å²) in [7, 11) is 0. The van der Waals surface area contributed by atoms with Crippen LogP contribution in [-0.2, 0) is 14.9 Å². The summed E-state index contributed by atoms with van der Waals surface area (Å²) in [4.78, 5) is 14.8. The van der Waals surface area contributed by atoms with Crippen molar-refractivity contribution in [3.63, 3.8) is 0 Å². The molecule has 1 saturated heterocycles. The molecule has 0 bridgehead atoms. The highest BCUT2D eigenvalue weighted by Gasteiger charge is 2.18. The molecular weight excluding hydrogens is 350 g/mol. The van der Waals surface area contributed by atoms with Gasteiger partial charge in [0, 0.05) is 31.7 Å². The van der Waals surface area contributed by atoms with Crippen molar-refractivity contribution in [2.75, 3.05) is 48.4 Å². The summed E-state index contributed by atoms with van der Waals surface area (Å²) in [6.45, 7) is 10.3. The molecule has 1 aliphatic heterocycles. The van der Waals surface area contributed by atoms with Gasteiger partial charge in [-0.05, 0) is 29.2 Å². The van der Waals surface area contributed by atoms with Gasteiger partial charge >= 0.3 is 0 Å². The zero-order chi connectivity index (χ0) is 20.0. The highest BCUT2D eigenvalue weighted by molar-refractivity contribution is 5.94. The standard InChI is InChI=1S/C23H31N3O2/c1-23(2,3)18-8-4-5-9-19(18)24-13-12-22(27)25-20-10-6-7-11-21(20)26-14-16-28-17-15-26/h4-11,24H,12-17H2,1-3H3,(H,25,27). The number of morpholine rings is 1. The highest BCUT2D eigenvalue weighted by Crippen LogP contribution is 2.29. The number of carbonyl (C=O) groups is 1. The minimum absolute atomic E-state index is 0.0152. The van der Waals surface area contributed by atoms with E-state index in [-0.39, 0.29) is 11.3 Å². The largest absolute Gasteiger partial charge is 0.384 e. The Morgan fingerprint density at radius 1 is 1.00 bits per heavy atom. The number of para-hydroxylation sites is 3. The predicted octanol–water partition coefficient (Wildman–Crippen LogP) is 4.26. The molecule has 0 atom stereocenters. The first kappa shape index (κ1) is 20.2. The number of anilines is 3. The van der Waals surface area contributed by atoms with E-state index in [0.29, 0.717) is 13.0 Å². The third kappa shape index (κ3) is 5.26. The maximum atomic E-state index is 12.5. The monoisotopic (exact) mass is 381 g/mol. The lowest BCUT2D eigenvalue weighted by molar-refractivity contribution is -0.115. The first-order valence-corrected chi connectivity index (χ1v) is 10.00. The molecule has 0 unspecified atom stereocenters. The fourth-order valence-electron chi connectivity index (χ4n) is 3.47. The Labute approximate surface area is 168 Å². The molecule has 1 amide bonds. The van der Waals surface area contributed by atoms with Gasteiger partial charge in [0.1, 0.15) is 0 Å². The van der Waals surface area contributed by atoms with E-state index in [1.165, 1.54) is 5.56 Å². The number of ether oxygens (including phenoxy) is 1. The average molecular weight is 382 g/mol. The zero-order valence-corrected chi connectivity index (χ0v) is 17.1. The van der Waals surface area contributed by atoms with Gasteiger partial charge in [0.2, 0.25) is 5.91 Å². The molecular formula is C23H31N3O2. The quantitative estimate of drug-likeness (QED) is 0.785. The lowest BCUT2D eigenvalue weighted by Gasteiger charge is -2.30. The van der Waals surface area contributed by atoms with Gasteiger partial charge in [0.05, 0.1) is 24.6 Å². The van der Waals surface area contributed by atoms with Crippen LogP contribution in [-0.4, -0.2) is 38.8 Å². The molecule has 1 aliphatic rings. The van der Waals surface area contributed by atoms with Gasteiger partial charge in [0.15, 0.2) is 0 Å². The lowest BCUT2D eigenvalue weighted by atomic mass is 9.86. The minimum Gasteiger partial charge on any atom is -0.384 e. The highest BCUT2D eigenvalue weighted by atomic mass is 16.5. The van der Waals surface area contributed by atoms with Gasteiger partial charge in [0.25, 0.3) is 0 Å². The summed E-state index contributed by atoms with van der Waals surface area (Å²) in [5, 5.41) is 6.50. The van der Waals surface area contributed by atoms with Crippen LogP contribution < -0.4 is 15.5 Å². The number of hydrogen-bond acceptors (Lipinski definition) is 4. The molecule has 2 aromatic rings. The van der Waals surface area contributed by atoms with Crippen molar-refractivity contribution in [3.05, 3.63) is 54.1 Å². The van der Waals surface area contributed by atoms with Gasteiger partial charge in [-0.1, -0.05) is 51.1 Å². The summed E-state index contributed by atoms with van der Waals surface area (Å²) in [6, 6.07) is 16.3. The fraction of sp³-hybridized carbons (Fsp3) is 0.435. The van der Waals surface area contributed by atoms with Gasteiger partial charge in [-0.2, -0.15) is 0 Å². The Kier molecular flexibility index (Phi) is 6.57. The van der Waals surface area contributed by atoms with Crippen LogP contribution in [0.1, 0.15) is 32.8 Å². The number of hydrogen-bond donors (Lipinski definition) is 2. The molecule has 0 aromatic heterocycles. The number of rotatable bonds is 6. The number of nitrogens with one attached hydrogen (secondary N) is 2. The Bertz CT molecular complexity index is 792. The second-order valence-electron chi connectivity index (χ2n) is 8.14. The van der Waals surface area contributed by atoms with Crippen LogP contribution in [0.25, 0.3) is 0 Å². The number of amides is 1. The molecule has 0 saturated carbocycles. The van der Waals surface area contributed by atoms with E-state index in [0.717, 1.165) is 43.4 Å². The predicted molar refractivity (Wildman–Crippen MR) is 116 cm³/mol. The first-order chi connectivity index (χ1) is 13.4. The van der Waals surface area contributed by atoms with E-state index in [2.05, 4.69) is 60.6 Å². The van der Waals surface area contributed by atoms with Crippen molar-refractivity contribution in [2.45, 2.75) is 32.6 Å². The van der Waals surface area contributed by atoms with Crippen LogP contribution in [0.15, 0.2) is 48.5 Å². The molecule has 1 fully saturated rings. The van der Waals surface area contributed by atoms with Crippen molar-refractivity contribution in [1.29, 1.82) is 0 Å². The van der Waals surface area contributed by atoms with Crippen LogP contribution >= 0.6 is 0 Å². The second kappa shape index (κ2) is 9.11. The molecule has 5 heteroatoms. The first-order valence-electron chi connectivity index (χ1n) is 10.00. The summed E-state index contributed by atoms with van der Waals surface area (Å²) in [6.07, 6.45) is 0.413. The molecule has 1 heterocycles. The van der Waals surface area contributed by atoms with E-state index in [1.807, 2.05) is 24.3 Å². The maximum Gasteiger partial charge on any atom is 0.226 e. The lowest BCUT2D eigenvalue weighted by Crippen LogP contribution is -2.36. The van der Waals surface area contributed by atoms with Crippen LogP contribution in [0.4, 0.5) is 17.1 Å². The van der Waals surface area contributed by atoms with Gasteiger partial charge < -0.3 is 20.3 Å². The van der Waals surface area contributed by atoms with E-state index in [1.54, 1.807) is 0 Å². The molecule has 3 rings (SSSR count). The molecule has 28 heavy (non-hydrogen) atoms. The molecule has 0 radical (unpaired) electrons. The third-order valence-electron chi connectivity index (χ3n) is 4.93. The van der Waals surface area contributed by atoms with Crippen LogP contribution in [0.2, 0.25) is 0 Å². The number of nitrogens with zero attached hydrogens (tertiary/aromatic N) is 1. The van der Waals surface area contributed by atoms with Gasteiger partial charge in [-0.3, -0.25) is 4.79 Å². The van der Waals surface area contributed by atoms with Crippen molar-refractivity contribution in [1.82, 2.24) is 0 Å². The Hall–Kier alpha value is -2.53. The van der Waals surface area contributed by atoms with Crippen LogP contribution in [0, 0.1) is 0 Å². The average Bonchev–Trinajstić information content (AvgIpc) is 2.69. The molecule has 2 aromatic carbocycles. The Balaban J connectivity index is 1.57. The second-order valence-corrected chi connectivity index (χ2v) is 8.14. The molecule has 150 valence electrons. The normalized spacial score (nSPS) is 14.6. The van der Waals surface area contributed by atoms with Crippen molar-refractivity contribution >= 4 is 23.0 Å². The maximum absolute atomic E-state index is 12.5. The number of carbonyl (C=O) groups excluding carboxylic acids is 1. The Morgan fingerprint density at radius 3 is 2.36 bits per heavy atom. The Morgan fingerprint density at radius 2 is 1.64 bits per heavy atom. The SMILES string of the molecule is CC(C)(C)c1ccccc1NCCC(=O)Nc1ccccc1N1CCOCC1. The van der Waals surface area contributed by atoms with E-state index in [4.69, 9.17) is 4.74 Å². The third-order valence-corrected chi connectivity index (χ3v) is 4.93. The van der Waals surface area contributed by atoms with Crippen molar-refractivity contribution in [3.8, 4) is 0 Å². The minimum atomic E-state index is 0.0152.